The minimum absolute atomic E-state index is 0.0164. The maximum atomic E-state index is 12.9. The van der Waals surface area contributed by atoms with Gasteiger partial charge in [-0.15, -0.1) is 0 Å². The number of fused-ring (bicyclic) bond motifs is 5. The lowest BCUT2D eigenvalue weighted by molar-refractivity contribution is -0.259. The molecule has 3 saturated carbocycles. The zero-order valence-electron chi connectivity index (χ0n) is 21.5. The molecule has 0 bridgehead atoms. The van der Waals surface area contributed by atoms with Crippen LogP contribution in [0.2, 0.25) is 0 Å². The van der Waals surface area contributed by atoms with Crippen LogP contribution in [0.3, 0.4) is 0 Å². The molecule has 0 aromatic carbocycles. The molecule has 4 aliphatic carbocycles. The summed E-state index contributed by atoms with van der Waals surface area (Å²) in [5, 5.41) is 34.9. The van der Waals surface area contributed by atoms with Gasteiger partial charge in [0.25, 0.3) is 0 Å². The van der Waals surface area contributed by atoms with E-state index in [4.69, 9.17) is 4.74 Å². The van der Waals surface area contributed by atoms with Gasteiger partial charge in [0, 0.05) is 17.9 Å². The molecule has 4 rings (SSSR count). The van der Waals surface area contributed by atoms with E-state index in [0.29, 0.717) is 25.7 Å². The molecule has 3 fully saturated rings. The number of Topliss-reactive ketones (excluding diaryl/α,β-unsaturated/α-hetero) is 1. The standard InChI is InChI=1S/C28H42O6/c1-15(2)16(3)11-25(31)34-24-13-21(18(5)29)17(4)27(32)14-23-22(28(24,27)33)8-7-19-12-20(30)9-10-26(19,23)6/h7,11,15,17,20-24,30,32-33H,8-10,12-14H2,1-6H3/b16-11+. The highest BCUT2D eigenvalue weighted by molar-refractivity contribution is 5.83. The molecule has 6 heteroatoms. The number of hydrogen-bond acceptors (Lipinski definition) is 6. The lowest BCUT2D eigenvalue weighted by Gasteiger charge is -2.55. The van der Waals surface area contributed by atoms with Gasteiger partial charge in [-0.1, -0.05) is 44.9 Å². The van der Waals surface area contributed by atoms with Gasteiger partial charge in [-0.3, -0.25) is 4.79 Å². The normalized spacial score (nSPS) is 46.3. The zero-order chi connectivity index (χ0) is 25.2. The van der Waals surface area contributed by atoms with Crippen molar-refractivity contribution in [3.05, 3.63) is 23.3 Å². The van der Waals surface area contributed by atoms with E-state index in [0.717, 1.165) is 12.0 Å². The minimum atomic E-state index is -1.64. The van der Waals surface area contributed by atoms with Gasteiger partial charge in [0.15, 0.2) is 0 Å². The third-order valence-corrected chi connectivity index (χ3v) is 10.3. The number of aliphatic hydroxyl groups excluding tert-OH is 1. The lowest BCUT2D eigenvalue weighted by Crippen LogP contribution is -2.69. The predicted molar refractivity (Wildman–Crippen MR) is 129 cm³/mol. The van der Waals surface area contributed by atoms with Gasteiger partial charge in [0.05, 0.1) is 6.10 Å². The number of ketones is 1. The second kappa shape index (κ2) is 8.56. The summed E-state index contributed by atoms with van der Waals surface area (Å²) in [6.45, 7) is 11.4. The summed E-state index contributed by atoms with van der Waals surface area (Å²) in [5.74, 6) is -1.66. The Hall–Kier alpha value is -1.50. The van der Waals surface area contributed by atoms with Crippen LogP contribution in [0.15, 0.2) is 23.3 Å². The maximum absolute atomic E-state index is 12.9. The SMILES string of the molecule is CC(=O)C1CC(OC(=O)/C=C(\C)C(C)C)C2(O)C3CC=C4CC(O)CCC4(C)C3CC2(O)C1C. The van der Waals surface area contributed by atoms with Crippen molar-refractivity contribution in [2.45, 2.75) is 103 Å². The first-order chi connectivity index (χ1) is 15.8. The van der Waals surface area contributed by atoms with Gasteiger partial charge in [-0.25, -0.2) is 4.79 Å². The minimum Gasteiger partial charge on any atom is -0.456 e. The van der Waals surface area contributed by atoms with Crippen LogP contribution < -0.4 is 0 Å². The molecule has 0 heterocycles. The number of carbonyl (C=O) groups is 2. The highest BCUT2D eigenvalue weighted by Gasteiger charge is 2.74. The molecule has 190 valence electrons. The second-order valence-corrected chi connectivity index (χ2v) is 12.2. The Morgan fingerprint density at radius 2 is 1.88 bits per heavy atom. The summed E-state index contributed by atoms with van der Waals surface area (Å²) in [6, 6.07) is 0. The molecule has 3 N–H and O–H groups in total. The second-order valence-electron chi connectivity index (χ2n) is 12.2. The van der Waals surface area contributed by atoms with Crippen LogP contribution in [0.1, 0.15) is 80.1 Å². The molecule has 4 aliphatic rings. The summed E-state index contributed by atoms with van der Waals surface area (Å²) >= 11 is 0. The summed E-state index contributed by atoms with van der Waals surface area (Å²) in [4.78, 5) is 25.5. The van der Waals surface area contributed by atoms with Gasteiger partial charge < -0.3 is 20.1 Å². The first-order valence-electron chi connectivity index (χ1n) is 13.0. The summed E-state index contributed by atoms with van der Waals surface area (Å²) in [7, 11) is 0. The summed E-state index contributed by atoms with van der Waals surface area (Å²) in [5.41, 5.74) is -1.33. The van der Waals surface area contributed by atoms with E-state index in [1.807, 2.05) is 27.7 Å². The number of esters is 1. The first-order valence-corrected chi connectivity index (χ1v) is 13.0. The predicted octanol–water partition coefficient (Wildman–Crippen LogP) is 3.73. The molecule has 0 spiro atoms. The summed E-state index contributed by atoms with van der Waals surface area (Å²) in [6.07, 6.45) is 5.52. The van der Waals surface area contributed by atoms with E-state index in [1.54, 1.807) is 0 Å². The maximum Gasteiger partial charge on any atom is 0.331 e. The average Bonchev–Trinajstić information content (AvgIpc) is 3.00. The van der Waals surface area contributed by atoms with Crippen molar-refractivity contribution >= 4 is 11.8 Å². The number of allylic oxidation sites excluding steroid dienone is 2. The lowest BCUT2D eigenvalue weighted by atomic mass is 9.55. The van der Waals surface area contributed by atoms with Crippen molar-refractivity contribution in [2.75, 3.05) is 0 Å². The van der Waals surface area contributed by atoms with Crippen molar-refractivity contribution in [3.63, 3.8) is 0 Å². The number of carbonyl (C=O) groups excluding carboxylic acids is 2. The Morgan fingerprint density at radius 3 is 2.50 bits per heavy atom. The van der Waals surface area contributed by atoms with Crippen LogP contribution in [0.5, 0.6) is 0 Å². The molecule has 9 atom stereocenters. The average molecular weight is 475 g/mol. The van der Waals surface area contributed by atoms with Gasteiger partial charge >= 0.3 is 5.97 Å². The van der Waals surface area contributed by atoms with E-state index in [2.05, 4.69) is 13.0 Å². The van der Waals surface area contributed by atoms with E-state index in [9.17, 15) is 24.9 Å². The fraction of sp³-hybridized carbons (Fsp3) is 0.786. The van der Waals surface area contributed by atoms with E-state index >= 15 is 0 Å². The van der Waals surface area contributed by atoms with Crippen LogP contribution in [0, 0.1) is 35.0 Å². The van der Waals surface area contributed by atoms with Crippen molar-refractivity contribution in [3.8, 4) is 0 Å². The molecule has 0 radical (unpaired) electrons. The number of rotatable bonds is 4. The van der Waals surface area contributed by atoms with Crippen LogP contribution in [0.25, 0.3) is 0 Å². The Morgan fingerprint density at radius 1 is 1.21 bits per heavy atom. The molecular weight excluding hydrogens is 432 g/mol. The Balaban J connectivity index is 1.76. The number of ether oxygens (including phenoxy) is 1. The molecule has 0 amide bonds. The van der Waals surface area contributed by atoms with Crippen LogP contribution >= 0.6 is 0 Å². The Kier molecular flexibility index (Phi) is 6.44. The van der Waals surface area contributed by atoms with Crippen molar-refractivity contribution < 1.29 is 29.6 Å². The fourth-order valence-corrected chi connectivity index (χ4v) is 7.71. The quantitative estimate of drug-likeness (QED) is 0.326. The molecule has 9 unspecified atom stereocenters. The largest absolute Gasteiger partial charge is 0.456 e. The molecule has 0 saturated heterocycles. The third kappa shape index (κ3) is 3.63. The van der Waals surface area contributed by atoms with Gasteiger partial charge in [0.2, 0.25) is 0 Å². The fourth-order valence-electron chi connectivity index (χ4n) is 7.71. The highest BCUT2D eigenvalue weighted by Crippen LogP contribution is 2.67. The van der Waals surface area contributed by atoms with E-state index < -0.39 is 35.1 Å². The van der Waals surface area contributed by atoms with E-state index in [1.165, 1.54) is 18.6 Å². The Labute approximate surface area is 203 Å². The topological polar surface area (TPSA) is 104 Å². The molecule has 0 aromatic rings. The van der Waals surface area contributed by atoms with Gasteiger partial charge in [-0.2, -0.15) is 0 Å². The van der Waals surface area contributed by atoms with Crippen molar-refractivity contribution in [2.24, 2.45) is 35.0 Å². The molecular formula is C28H42O6. The van der Waals surface area contributed by atoms with E-state index in [-0.39, 0.29) is 41.5 Å². The highest BCUT2D eigenvalue weighted by atomic mass is 16.6. The third-order valence-electron chi connectivity index (χ3n) is 10.3. The van der Waals surface area contributed by atoms with Crippen LogP contribution in [-0.4, -0.2) is 50.5 Å². The van der Waals surface area contributed by atoms with Crippen molar-refractivity contribution in [1.29, 1.82) is 0 Å². The number of aliphatic hydroxyl groups is 3. The zero-order valence-corrected chi connectivity index (χ0v) is 21.5. The van der Waals surface area contributed by atoms with Crippen LogP contribution in [-0.2, 0) is 14.3 Å². The number of hydrogen-bond donors (Lipinski definition) is 3. The molecule has 6 nitrogen and oxygen atoms in total. The Bertz CT molecular complexity index is 920. The smallest absolute Gasteiger partial charge is 0.331 e. The van der Waals surface area contributed by atoms with Gasteiger partial charge in [-0.05, 0) is 75.5 Å². The van der Waals surface area contributed by atoms with Gasteiger partial charge in [0.1, 0.15) is 23.1 Å². The first kappa shape index (κ1) is 25.6. The molecule has 0 aliphatic heterocycles. The van der Waals surface area contributed by atoms with Crippen molar-refractivity contribution in [1.82, 2.24) is 0 Å². The summed E-state index contributed by atoms with van der Waals surface area (Å²) < 4.78 is 5.92. The van der Waals surface area contributed by atoms with Crippen LogP contribution in [0.4, 0.5) is 0 Å². The monoisotopic (exact) mass is 474 g/mol. The molecule has 0 aromatic heterocycles. The molecule has 34 heavy (non-hydrogen) atoms.